The van der Waals surface area contributed by atoms with Gasteiger partial charge in [-0.15, -0.1) is 11.3 Å². The zero-order chi connectivity index (χ0) is 11.4. The monoisotopic (exact) mass is 291 g/mol. The Labute approximate surface area is 99.8 Å². The molecule has 82 valence electrons. The summed E-state index contributed by atoms with van der Waals surface area (Å²) in [7, 11) is 1.28. The van der Waals surface area contributed by atoms with Gasteiger partial charge in [0.05, 0.1) is 15.8 Å². The lowest BCUT2D eigenvalue weighted by molar-refractivity contribution is -0.142. The van der Waals surface area contributed by atoms with Crippen molar-refractivity contribution in [1.82, 2.24) is 5.32 Å². The number of thiophene rings is 1. The van der Waals surface area contributed by atoms with Crippen molar-refractivity contribution in [2.24, 2.45) is 0 Å². The average Bonchev–Trinajstić information content (AvgIpc) is 2.63. The first-order chi connectivity index (χ1) is 7.04. The summed E-state index contributed by atoms with van der Waals surface area (Å²) in [6, 6.07) is 2.83. The number of carbonyl (C=O) groups excluding carboxylic acids is 2. The van der Waals surface area contributed by atoms with Gasteiger partial charge < -0.3 is 10.1 Å². The maximum Gasteiger partial charge on any atom is 0.328 e. The highest BCUT2D eigenvalue weighted by molar-refractivity contribution is 9.11. The van der Waals surface area contributed by atoms with Crippen LogP contribution >= 0.6 is 27.3 Å². The minimum atomic E-state index is -0.636. The van der Waals surface area contributed by atoms with E-state index in [1.165, 1.54) is 18.4 Å². The Bertz CT molecular complexity index is 377. The van der Waals surface area contributed by atoms with Gasteiger partial charge in [0.25, 0.3) is 5.91 Å². The van der Waals surface area contributed by atoms with Crippen LogP contribution < -0.4 is 5.32 Å². The average molecular weight is 292 g/mol. The van der Waals surface area contributed by atoms with Gasteiger partial charge in [-0.25, -0.2) is 4.79 Å². The van der Waals surface area contributed by atoms with E-state index >= 15 is 0 Å². The first-order valence-electron chi connectivity index (χ1n) is 4.18. The number of carbonyl (C=O) groups is 2. The van der Waals surface area contributed by atoms with Crippen molar-refractivity contribution in [3.05, 3.63) is 20.8 Å². The van der Waals surface area contributed by atoms with Gasteiger partial charge >= 0.3 is 5.97 Å². The van der Waals surface area contributed by atoms with Gasteiger partial charge in [0, 0.05) is 0 Å². The van der Waals surface area contributed by atoms with Gasteiger partial charge in [-0.05, 0) is 35.0 Å². The van der Waals surface area contributed by atoms with Gasteiger partial charge in [-0.3, -0.25) is 4.79 Å². The second kappa shape index (κ2) is 5.27. The Morgan fingerprint density at radius 2 is 2.20 bits per heavy atom. The molecular weight excluding hydrogens is 282 g/mol. The molecule has 1 rings (SSSR count). The number of rotatable bonds is 3. The summed E-state index contributed by atoms with van der Waals surface area (Å²) in [5.74, 6) is -0.734. The van der Waals surface area contributed by atoms with Crippen LogP contribution in [-0.2, 0) is 9.53 Å². The first-order valence-corrected chi connectivity index (χ1v) is 5.79. The van der Waals surface area contributed by atoms with Crippen molar-refractivity contribution < 1.29 is 14.3 Å². The third-order valence-electron chi connectivity index (χ3n) is 1.70. The third-order valence-corrected chi connectivity index (χ3v) is 3.32. The molecule has 1 aromatic rings. The third kappa shape index (κ3) is 3.32. The number of methoxy groups -OCH3 is 1. The second-order valence-corrected chi connectivity index (χ2v) is 5.29. The van der Waals surface area contributed by atoms with Gasteiger partial charge in [-0.1, -0.05) is 0 Å². The van der Waals surface area contributed by atoms with Crippen molar-refractivity contribution in [2.45, 2.75) is 13.0 Å². The van der Waals surface area contributed by atoms with Crippen LogP contribution in [0.1, 0.15) is 16.6 Å². The minimum Gasteiger partial charge on any atom is -0.467 e. The zero-order valence-corrected chi connectivity index (χ0v) is 10.6. The summed E-state index contributed by atoms with van der Waals surface area (Å²) in [5.41, 5.74) is 0. The number of hydrogen-bond acceptors (Lipinski definition) is 4. The predicted octanol–water partition coefficient (Wildman–Crippen LogP) is 1.80. The predicted molar refractivity (Wildman–Crippen MR) is 61.0 cm³/mol. The van der Waals surface area contributed by atoms with Crippen LogP contribution in [0.4, 0.5) is 0 Å². The molecular formula is C9H10BrNO3S. The molecule has 0 saturated carbocycles. The Hall–Kier alpha value is -0.880. The highest BCUT2D eigenvalue weighted by Gasteiger charge is 2.17. The number of nitrogens with one attached hydrogen (secondary N) is 1. The van der Waals surface area contributed by atoms with Crippen LogP contribution in [0.5, 0.6) is 0 Å². The van der Waals surface area contributed by atoms with E-state index in [2.05, 4.69) is 26.0 Å². The summed E-state index contributed by atoms with van der Waals surface area (Å²) in [6.45, 7) is 1.58. The Balaban J connectivity index is 2.60. The molecule has 4 nitrogen and oxygen atoms in total. The van der Waals surface area contributed by atoms with Crippen LogP contribution in [0.2, 0.25) is 0 Å². The number of esters is 1. The van der Waals surface area contributed by atoms with Gasteiger partial charge in [-0.2, -0.15) is 0 Å². The maximum absolute atomic E-state index is 11.6. The van der Waals surface area contributed by atoms with E-state index in [9.17, 15) is 9.59 Å². The van der Waals surface area contributed by atoms with Crippen molar-refractivity contribution in [1.29, 1.82) is 0 Å². The van der Waals surface area contributed by atoms with E-state index < -0.39 is 12.0 Å². The molecule has 0 aliphatic carbocycles. The molecule has 0 aliphatic heterocycles. The van der Waals surface area contributed by atoms with Crippen molar-refractivity contribution in [3.8, 4) is 0 Å². The quantitative estimate of drug-likeness (QED) is 0.864. The molecule has 1 atom stereocenters. The highest BCUT2D eigenvalue weighted by Crippen LogP contribution is 2.21. The van der Waals surface area contributed by atoms with Crippen molar-refractivity contribution in [3.63, 3.8) is 0 Å². The lowest BCUT2D eigenvalue weighted by Gasteiger charge is -2.10. The molecule has 0 aliphatic rings. The zero-order valence-electron chi connectivity index (χ0n) is 8.24. The Morgan fingerprint density at radius 1 is 1.53 bits per heavy atom. The maximum atomic E-state index is 11.6. The normalized spacial score (nSPS) is 11.9. The topological polar surface area (TPSA) is 55.4 Å². The van der Waals surface area contributed by atoms with Crippen LogP contribution in [0, 0.1) is 0 Å². The summed E-state index contributed by atoms with van der Waals surface area (Å²) in [6.07, 6.45) is 0. The lowest BCUT2D eigenvalue weighted by atomic mass is 10.3. The molecule has 1 unspecified atom stereocenters. The van der Waals surface area contributed by atoms with E-state index in [0.29, 0.717) is 4.88 Å². The summed E-state index contributed by atoms with van der Waals surface area (Å²) >= 11 is 4.57. The van der Waals surface area contributed by atoms with Crippen molar-refractivity contribution in [2.75, 3.05) is 7.11 Å². The molecule has 15 heavy (non-hydrogen) atoms. The van der Waals surface area contributed by atoms with E-state index in [0.717, 1.165) is 3.79 Å². The van der Waals surface area contributed by atoms with Gasteiger partial charge in [0.1, 0.15) is 6.04 Å². The number of amides is 1. The molecule has 0 saturated heterocycles. The lowest BCUT2D eigenvalue weighted by Crippen LogP contribution is -2.38. The highest BCUT2D eigenvalue weighted by atomic mass is 79.9. The number of halogens is 1. The van der Waals surface area contributed by atoms with E-state index in [-0.39, 0.29) is 5.91 Å². The number of hydrogen-bond donors (Lipinski definition) is 1. The first kappa shape index (κ1) is 12.2. The van der Waals surface area contributed by atoms with Crippen LogP contribution in [-0.4, -0.2) is 25.0 Å². The van der Waals surface area contributed by atoms with E-state index in [1.807, 2.05) is 0 Å². The fourth-order valence-electron chi connectivity index (χ4n) is 0.940. The van der Waals surface area contributed by atoms with Crippen molar-refractivity contribution >= 4 is 39.1 Å². The molecule has 1 amide bonds. The number of ether oxygens (including phenoxy) is 1. The second-order valence-electron chi connectivity index (χ2n) is 2.82. The molecule has 1 aromatic heterocycles. The molecule has 1 heterocycles. The largest absolute Gasteiger partial charge is 0.467 e. The SMILES string of the molecule is COC(=O)C(C)NC(=O)c1ccc(Br)s1. The standard InChI is InChI=1S/C9H10BrNO3S/c1-5(9(13)14-2)11-8(12)6-3-4-7(10)15-6/h3-5H,1-2H3,(H,11,12). The smallest absolute Gasteiger partial charge is 0.328 e. The fourth-order valence-corrected chi connectivity index (χ4v) is 2.23. The molecule has 0 spiro atoms. The van der Waals surface area contributed by atoms with E-state index in [4.69, 9.17) is 0 Å². The molecule has 0 bridgehead atoms. The molecule has 1 N–H and O–H groups in total. The van der Waals surface area contributed by atoms with Crippen LogP contribution in [0.15, 0.2) is 15.9 Å². The molecule has 0 aromatic carbocycles. The molecule has 6 heteroatoms. The van der Waals surface area contributed by atoms with Gasteiger partial charge in [0.15, 0.2) is 0 Å². The van der Waals surface area contributed by atoms with Crippen LogP contribution in [0.3, 0.4) is 0 Å². The Morgan fingerprint density at radius 3 is 2.67 bits per heavy atom. The summed E-state index contributed by atoms with van der Waals surface area (Å²) < 4.78 is 5.37. The van der Waals surface area contributed by atoms with Gasteiger partial charge in [0.2, 0.25) is 0 Å². The Kier molecular flexibility index (Phi) is 4.28. The molecule has 0 radical (unpaired) electrons. The van der Waals surface area contributed by atoms with E-state index in [1.54, 1.807) is 19.1 Å². The van der Waals surface area contributed by atoms with Crippen LogP contribution in [0.25, 0.3) is 0 Å². The fraction of sp³-hybridized carbons (Fsp3) is 0.333. The molecule has 0 fully saturated rings. The minimum absolute atomic E-state index is 0.274. The summed E-state index contributed by atoms with van der Waals surface area (Å²) in [5, 5.41) is 2.54. The summed E-state index contributed by atoms with van der Waals surface area (Å²) in [4.78, 5) is 23.2.